The van der Waals surface area contributed by atoms with Gasteiger partial charge in [-0.25, -0.2) is 9.37 Å². The van der Waals surface area contributed by atoms with E-state index in [4.69, 9.17) is 5.73 Å². The molecule has 3 aromatic rings. The van der Waals surface area contributed by atoms with Crippen LogP contribution in [0.3, 0.4) is 0 Å². The highest BCUT2D eigenvalue weighted by Gasteiger charge is 2.17. The molecule has 1 heterocycles. The molecule has 2 amide bonds. The minimum Gasteiger partial charge on any atom is -0.346 e. The molecule has 0 radical (unpaired) electrons. The maximum Gasteiger partial charge on any atom is 0.243 e. The van der Waals surface area contributed by atoms with Gasteiger partial charge >= 0.3 is 0 Å². The molecule has 0 spiro atoms. The number of rotatable bonds is 7. The van der Waals surface area contributed by atoms with E-state index in [1.807, 2.05) is 13.8 Å². The molecular weight excluding hydrogens is 444 g/mol. The average molecular weight is 470 g/mol. The Balaban J connectivity index is 0.00000240. The van der Waals surface area contributed by atoms with E-state index >= 15 is 0 Å². The minimum atomic E-state index is -0.656. The molecule has 0 aliphatic rings. The number of imidazole rings is 1. The molecule has 1 atom stereocenters. The first kappa shape index (κ1) is 26.4. The molecular formula is C21H26Cl2FN5O2. The number of H-pyrrole nitrogens is 1. The second kappa shape index (κ2) is 11.6. The fourth-order valence-electron chi connectivity index (χ4n) is 2.84. The second-order valence-corrected chi connectivity index (χ2v) is 7.22. The molecule has 0 unspecified atom stereocenters. The normalized spacial score (nSPS) is 11.4. The second-order valence-electron chi connectivity index (χ2n) is 7.22. The lowest BCUT2D eigenvalue weighted by Crippen LogP contribution is -2.46. The summed E-state index contributed by atoms with van der Waals surface area (Å²) in [6, 6.07) is 11.1. The van der Waals surface area contributed by atoms with Crippen LogP contribution in [0.1, 0.15) is 25.2 Å². The summed E-state index contributed by atoms with van der Waals surface area (Å²) in [7, 11) is 0. The van der Waals surface area contributed by atoms with Gasteiger partial charge in [-0.15, -0.1) is 24.8 Å². The number of nitrogens with two attached hydrogens (primary N) is 1. The summed E-state index contributed by atoms with van der Waals surface area (Å²) in [6.45, 7) is 3.51. The number of benzene rings is 2. The number of nitrogens with zero attached hydrogens (tertiary/aromatic N) is 1. The average Bonchev–Trinajstić information content (AvgIpc) is 3.08. The fourth-order valence-corrected chi connectivity index (χ4v) is 2.84. The van der Waals surface area contributed by atoms with Gasteiger partial charge < -0.3 is 21.4 Å². The van der Waals surface area contributed by atoms with Crippen LogP contribution in [-0.2, 0) is 16.0 Å². The highest BCUT2D eigenvalue weighted by Crippen LogP contribution is 2.19. The van der Waals surface area contributed by atoms with E-state index in [0.717, 1.165) is 5.52 Å². The maximum absolute atomic E-state index is 13.8. The smallest absolute Gasteiger partial charge is 0.243 e. The van der Waals surface area contributed by atoms with Crippen LogP contribution in [0.5, 0.6) is 0 Å². The van der Waals surface area contributed by atoms with Crippen LogP contribution in [0.2, 0.25) is 0 Å². The van der Waals surface area contributed by atoms with E-state index in [9.17, 15) is 14.0 Å². The van der Waals surface area contributed by atoms with E-state index in [-0.39, 0.29) is 54.9 Å². The molecule has 5 N–H and O–H groups in total. The zero-order valence-corrected chi connectivity index (χ0v) is 18.8. The van der Waals surface area contributed by atoms with Crippen LogP contribution in [0.4, 0.5) is 10.1 Å². The van der Waals surface area contributed by atoms with Gasteiger partial charge in [-0.2, -0.15) is 0 Å². The first-order valence-electron chi connectivity index (χ1n) is 9.38. The highest BCUT2D eigenvalue weighted by molar-refractivity contribution is 5.96. The van der Waals surface area contributed by atoms with E-state index in [1.165, 1.54) is 6.07 Å². The van der Waals surface area contributed by atoms with Crippen molar-refractivity contribution in [2.45, 2.75) is 26.3 Å². The van der Waals surface area contributed by atoms with Gasteiger partial charge in [-0.3, -0.25) is 9.59 Å². The van der Waals surface area contributed by atoms with E-state index in [2.05, 4.69) is 20.6 Å². The number of aromatic nitrogens is 2. The lowest BCUT2D eigenvalue weighted by molar-refractivity contribution is -0.125. The Morgan fingerprint density at radius 2 is 1.87 bits per heavy atom. The summed E-state index contributed by atoms with van der Waals surface area (Å²) in [4.78, 5) is 31.5. The number of halogens is 3. The van der Waals surface area contributed by atoms with E-state index < -0.39 is 6.04 Å². The predicted molar refractivity (Wildman–Crippen MR) is 124 cm³/mol. The molecule has 0 aliphatic heterocycles. The Labute approximate surface area is 192 Å². The van der Waals surface area contributed by atoms with Crippen molar-refractivity contribution in [2.24, 2.45) is 11.7 Å². The third kappa shape index (κ3) is 6.92. The molecule has 0 saturated carbocycles. The molecule has 7 nitrogen and oxygen atoms in total. The van der Waals surface area contributed by atoms with Gasteiger partial charge in [0.15, 0.2) is 0 Å². The molecule has 1 aromatic heterocycles. The molecule has 2 aromatic carbocycles. The van der Waals surface area contributed by atoms with Crippen LogP contribution in [0, 0.1) is 11.7 Å². The standard InChI is InChI=1S/C21H24FN5O2.2ClH/c1-12(2)20(23)21(29)24-11-19(28)25-14-7-8-16-17(10-14)27-18(26-16)9-13-5-3-4-6-15(13)22;;/h3-8,10,12,20H,9,11,23H2,1-2H3,(H,24,29)(H,25,28)(H,26,27);2*1H/t20-;;/m0../s1. The Hall–Kier alpha value is -2.68. The lowest BCUT2D eigenvalue weighted by Gasteiger charge is -2.15. The monoisotopic (exact) mass is 469 g/mol. The number of aromatic amines is 1. The quantitative estimate of drug-likeness (QED) is 0.425. The molecule has 0 saturated heterocycles. The summed E-state index contributed by atoms with van der Waals surface area (Å²) in [6.07, 6.45) is 0.338. The lowest BCUT2D eigenvalue weighted by atomic mass is 10.1. The number of nitrogens with one attached hydrogen (secondary N) is 3. The third-order valence-electron chi connectivity index (χ3n) is 4.57. The van der Waals surface area contributed by atoms with Gasteiger partial charge in [0, 0.05) is 12.1 Å². The summed E-state index contributed by atoms with van der Waals surface area (Å²) >= 11 is 0. The molecule has 3 rings (SSSR count). The summed E-state index contributed by atoms with van der Waals surface area (Å²) in [5, 5.41) is 5.25. The zero-order chi connectivity index (χ0) is 21.0. The van der Waals surface area contributed by atoms with Gasteiger partial charge in [-0.05, 0) is 35.7 Å². The van der Waals surface area contributed by atoms with Gasteiger partial charge in [0.05, 0.1) is 23.6 Å². The van der Waals surface area contributed by atoms with Gasteiger partial charge in [0.25, 0.3) is 0 Å². The predicted octanol–water partition coefficient (Wildman–Crippen LogP) is 3.17. The molecule has 0 fully saturated rings. The van der Waals surface area contributed by atoms with Gasteiger partial charge in [0.1, 0.15) is 11.6 Å². The highest BCUT2D eigenvalue weighted by atomic mass is 35.5. The largest absolute Gasteiger partial charge is 0.346 e. The van der Waals surface area contributed by atoms with Crippen molar-refractivity contribution in [3.05, 3.63) is 59.7 Å². The number of anilines is 1. The minimum absolute atomic E-state index is 0. The number of hydrogen-bond acceptors (Lipinski definition) is 4. The molecule has 0 bridgehead atoms. The van der Waals surface area contributed by atoms with E-state index in [0.29, 0.717) is 29.0 Å². The molecule has 31 heavy (non-hydrogen) atoms. The zero-order valence-electron chi connectivity index (χ0n) is 17.1. The number of carbonyl (C=O) groups excluding carboxylic acids is 2. The Morgan fingerprint density at radius 3 is 2.55 bits per heavy atom. The topological polar surface area (TPSA) is 113 Å². The maximum atomic E-state index is 13.8. The fraction of sp³-hybridized carbons (Fsp3) is 0.286. The number of carbonyl (C=O) groups is 2. The Kier molecular flexibility index (Phi) is 9.90. The van der Waals surface area contributed by atoms with Gasteiger partial charge in [-0.1, -0.05) is 32.0 Å². The number of fused-ring (bicyclic) bond motifs is 1. The van der Waals surface area contributed by atoms with Crippen molar-refractivity contribution in [3.63, 3.8) is 0 Å². The van der Waals surface area contributed by atoms with Crippen molar-refractivity contribution in [1.82, 2.24) is 15.3 Å². The van der Waals surface area contributed by atoms with Crippen molar-refractivity contribution in [2.75, 3.05) is 11.9 Å². The van der Waals surface area contributed by atoms with Crippen LogP contribution in [0.25, 0.3) is 11.0 Å². The first-order chi connectivity index (χ1) is 13.8. The number of amides is 2. The van der Waals surface area contributed by atoms with Crippen molar-refractivity contribution in [3.8, 4) is 0 Å². The van der Waals surface area contributed by atoms with Crippen molar-refractivity contribution < 1.29 is 14.0 Å². The van der Waals surface area contributed by atoms with Crippen LogP contribution >= 0.6 is 24.8 Å². The van der Waals surface area contributed by atoms with Crippen LogP contribution in [0.15, 0.2) is 42.5 Å². The van der Waals surface area contributed by atoms with E-state index in [1.54, 1.807) is 36.4 Å². The summed E-state index contributed by atoms with van der Waals surface area (Å²) in [5.41, 5.74) is 8.30. The SMILES string of the molecule is CC(C)[C@H](N)C(=O)NCC(=O)Nc1ccc2nc(Cc3ccccc3F)[nH]c2c1.Cl.Cl. The Bertz CT molecular complexity index is 1040. The molecule has 0 aliphatic carbocycles. The molecule has 10 heteroatoms. The van der Waals surface area contributed by atoms with Crippen molar-refractivity contribution in [1.29, 1.82) is 0 Å². The van der Waals surface area contributed by atoms with Gasteiger partial charge in [0.2, 0.25) is 11.8 Å². The first-order valence-corrected chi connectivity index (χ1v) is 9.38. The van der Waals surface area contributed by atoms with Crippen LogP contribution < -0.4 is 16.4 Å². The third-order valence-corrected chi connectivity index (χ3v) is 4.57. The summed E-state index contributed by atoms with van der Waals surface area (Å²) < 4.78 is 13.8. The number of hydrogen-bond donors (Lipinski definition) is 4. The van der Waals surface area contributed by atoms with Crippen molar-refractivity contribution >= 4 is 53.3 Å². The summed E-state index contributed by atoms with van der Waals surface area (Å²) in [5.74, 6) is -0.389. The Morgan fingerprint density at radius 1 is 1.16 bits per heavy atom. The molecule has 168 valence electrons. The van der Waals surface area contributed by atoms with Crippen LogP contribution in [-0.4, -0.2) is 34.4 Å².